The topological polar surface area (TPSA) is 87.4 Å². The first-order chi connectivity index (χ1) is 14.7. The molecule has 0 saturated carbocycles. The van der Waals surface area contributed by atoms with Gasteiger partial charge in [0.05, 0.1) is 28.5 Å². The molecule has 5 rings (SSSR count). The molecule has 2 N–H and O–H groups in total. The molecule has 0 fully saturated rings. The molecule has 0 bridgehead atoms. The molecule has 30 heavy (non-hydrogen) atoms. The summed E-state index contributed by atoms with van der Waals surface area (Å²) in [6.07, 6.45) is 6.86. The molecule has 4 heterocycles. The van der Waals surface area contributed by atoms with Crippen LogP contribution in [0.25, 0.3) is 16.6 Å². The molecular formula is C23H18N6O. The highest BCUT2D eigenvalue weighted by Gasteiger charge is 2.20. The highest BCUT2D eigenvalue weighted by atomic mass is 16.1. The van der Waals surface area contributed by atoms with Crippen molar-refractivity contribution in [1.82, 2.24) is 19.4 Å². The van der Waals surface area contributed by atoms with Crippen molar-refractivity contribution < 1.29 is 4.79 Å². The number of aromatic amines is 1. The predicted octanol–water partition coefficient (Wildman–Crippen LogP) is 4.20. The number of aromatic nitrogens is 4. The number of anilines is 1. The Morgan fingerprint density at radius 2 is 1.90 bits per heavy atom. The summed E-state index contributed by atoms with van der Waals surface area (Å²) in [6, 6.07) is 17.0. The minimum atomic E-state index is -0.0546. The van der Waals surface area contributed by atoms with Crippen LogP contribution >= 0.6 is 0 Å². The Morgan fingerprint density at radius 1 is 1.10 bits per heavy atom. The number of imidazole rings is 1. The smallest absolute Gasteiger partial charge is 0.222 e. The van der Waals surface area contributed by atoms with Crippen molar-refractivity contribution >= 4 is 34.5 Å². The van der Waals surface area contributed by atoms with Crippen molar-refractivity contribution in [2.75, 3.05) is 5.43 Å². The van der Waals surface area contributed by atoms with E-state index in [0.29, 0.717) is 17.2 Å². The van der Waals surface area contributed by atoms with Gasteiger partial charge in [-0.2, -0.15) is 5.10 Å². The standard InChI is InChI=1S/C23H18N6O/c1-15-17(14-25-28-23-26-18-6-2-3-7-19(18)27-23)20-8-4-5-13-29(20)21(15)22(30)16-9-11-24-12-10-16/h2-14H,1H3,(H2,26,27,28)/b25-14+. The number of carbonyl (C=O) groups is 1. The van der Waals surface area contributed by atoms with Gasteiger partial charge in [0.2, 0.25) is 11.7 Å². The van der Waals surface area contributed by atoms with Crippen LogP contribution in [0.1, 0.15) is 27.2 Å². The molecule has 0 atom stereocenters. The van der Waals surface area contributed by atoms with Gasteiger partial charge in [-0.15, -0.1) is 0 Å². The molecule has 146 valence electrons. The lowest BCUT2D eigenvalue weighted by Gasteiger charge is -2.03. The first-order valence-electron chi connectivity index (χ1n) is 9.50. The van der Waals surface area contributed by atoms with E-state index < -0.39 is 0 Å². The summed E-state index contributed by atoms with van der Waals surface area (Å²) in [6.45, 7) is 1.93. The summed E-state index contributed by atoms with van der Waals surface area (Å²) in [5.74, 6) is 0.502. The first-order valence-corrected chi connectivity index (χ1v) is 9.50. The van der Waals surface area contributed by atoms with E-state index in [4.69, 9.17) is 0 Å². The molecule has 0 aliphatic heterocycles. The summed E-state index contributed by atoms with van der Waals surface area (Å²) in [7, 11) is 0. The third-order valence-corrected chi connectivity index (χ3v) is 5.05. The Morgan fingerprint density at radius 3 is 2.73 bits per heavy atom. The quantitative estimate of drug-likeness (QED) is 0.266. The molecule has 7 nitrogen and oxygen atoms in total. The van der Waals surface area contributed by atoms with Crippen LogP contribution in [0.3, 0.4) is 0 Å². The monoisotopic (exact) mass is 394 g/mol. The van der Waals surface area contributed by atoms with Crippen molar-refractivity contribution in [3.63, 3.8) is 0 Å². The van der Waals surface area contributed by atoms with E-state index >= 15 is 0 Å². The number of nitrogens with one attached hydrogen (secondary N) is 2. The zero-order chi connectivity index (χ0) is 20.5. The van der Waals surface area contributed by atoms with Crippen LogP contribution in [0.2, 0.25) is 0 Å². The summed E-state index contributed by atoms with van der Waals surface area (Å²) in [5, 5.41) is 4.36. The second kappa shape index (κ2) is 7.29. The van der Waals surface area contributed by atoms with Crippen LogP contribution in [-0.4, -0.2) is 31.4 Å². The maximum absolute atomic E-state index is 13.2. The van der Waals surface area contributed by atoms with Gasteiger partial charge in [0, 0.05) is 29.7 Å². The van der Waals surface area contributed by atoms with E-state index in [2.05, 4.69) is 25.5 Å². The van der Waals surface area contributed by atoms with E-state index in [1.807, 2.05) is 60.0 Å². The van der Waals surface area contributed by atoms with Crippen molar-refractivity contribution in [2.45, 2.75) is 6.92 Å². The second-order valence-corrected chi connectivity index (χ2v) is 6.88. The van der Waals surface area contributed by atoms with Gasteiger partial charge >= 0.3 is 0 Å². The third kappa shape index (κ3) is 3.02. The van der Waals surface area contributed by atoms with Gasteiger partial charge in [0.15, 0.2) is 0 Å². The normalized spacial score (nSPS) is 11.5. The van der Waals surface area contributed by atoms with E-state index in [0.717, 1.165) is 27.7 Å². The lowest BCUT2D eigenvalue weighted by atomic mass is 10.1. The van der Waals surface area contributed by atoms with Crippen LogP contribution < -0.4 is 5.43 Å². The first kappa shape index (κ1) is 17.8. The predicted molar refractivity (Wildman–Crippen MR) is 117 cm³/mol. The maximum Gasteiger partial charge on any atom is 0.222 e. The molecule has 0 radical (unpaired) electrons. The lowest BCUT2D eigenvalue weighted by molar-refractivity contribution is 0.103. The Kier molecular flexibility index (Phi) is 4.33. The molecule has 1 aromatic carbocycles. The lowest BCUT2D eigenvalue weighted by Crippen LogP contribution is -2.06. The zero-order valence-electron chi connectivity index (χ0n) is 16.2. The van der Waals surface area contributed by atoms with Crippen molar-refractivity contribution in [2.24, 2.45) is 5.10 Å². The Labute approximate surface area is 172 Å². The van der Waals surface area contributed by atoms with Gasteiger partial charge in [-0.3, -0.25) is 9.78 Å². The fourth-order valence-corrected chi connectivity index (χ4v) is 3.60. The molecule has 5 aromatic rings. The van der Waals surface area contributed by atoms with E-state index in [-0.39, 0.29) is 5.78 Å². The number of para-hydroxylation sites is 2. The summed E-state index contributed by atoms with van der Waals surface area (Å²) in [4.78, 5) is 24.8. The van der Waals surface area contributed by atoms with Crippen molar-refractivity contribution in [3.05, 3.63) is 95.6 Å². The molecule has 0 saturated heterocycles. The summed E-state index contributed by atoms with van der Waals surface area (Å²) >= 11 is 0. The molecule has 0 unspecified atom stereocenters. The number of carbonyl (C=O) groups excluding carboxylic acids is 1. The average molecular weight is 394 g/mol. The molecule has 0 amide bonds. The second-order valence-electron chi connectivity index (χ2n) is 6.88. The molecule has 0 aliphatic carbocycles. The molecule has 0 spiro atoms. The van der Waals surface area contributed by atoms with Gasteiger partial charge in [-0.25, -0.2) is 10.4 Å². The minimum absolute atomic E-state index is 0.0546. The number of pyridine rings is 2. The molecule has 4 aromatic heterocycles. The number of rotatable bonds is 5. The molecule has 0 aliphatic rings. The minimum Gasteiger partial charge on any atom is -0.323 e. The van der Waals surface area contributed by atoms with Gasteiger partial charge in [-0.05, 0) is 48.9 Å². The highest BCUT2D eigenvalue weighted by molar-refractivity contribution is 6.11. The van der Waals surface area contributed by atoms with E-state index in [1.165, 1.54) is 0 Å². The van der Waals surface area contributed by atoms with Crippen LogP contribution in [0, 0.1) is 6.92 Å². The third-order valence-electron chi connectivity index (χ3n) is 5.05. The maximum atomic E-state index is 13.2. The van der Waals surface area contributed by atoms with Gasteiger partial charge in [-0.1, -0.05) is 18.2 Å². The van der Waals surface area contributed by atoms with Crippen LogP contribution in [-0.2, 0) is 0 Å². The average Bonchev–Trinajstić information content (AvgIpc) is 3.32. The number of fused-ring (bicyclic) bond motifs is 2. The largest absolute Gasteiger partial charge is 0.323 e. The number of H-pyrrole nitrogens is 1. The van der Waals surface area contributed by atoms with Crippen LogP contribution in [0.15, 0.2) is 78.3 Å². The number of ketones is 1. The molecule has 7 heteroatoms. The van der Waals surface area contributed by atoms with Crippen molar-refractivity contribution in [1.29, 1.82) is 0 Å². The number of hydrogen-bond donors (Lipinski definition) is 2. The Hall–Kier alpha value is -4.26. The van der Waals surface area contributed by atoms with Crippen LogP contribution in [0.5, 0.6) is 0 Å². The summed E-state index contributed by atoms with van der Waals surface area (Å²) in [5.41, 5.74) is 8.59. The Balaban J connectivity index is 1.52. The van der Waals surface area contributed by atoms with Gasteiger partial charge in [0.25, 0.3) is 0 Å². The van der Waals surface area contributed by atoms with Crippen LogP contribution in [0.4, 0.5) is 5.95 Å². The van der Waals surface area contributed by atoms with Gasteiger partial charge in [0.1, 0.15) is 0 Å². The zero-order valence-corrected chi connectivity index (χ0v) is 16.2. The SMILES string of the molecule is Cc1c(/C=N/Nc2nc3ccccc3[nH]2)c2ccccn2c1C(=O)c1ccncc1. The molecular weight excluding hydrogens is 376 g/mol. The highest BCUT2D eigenvalue weighted by Crippen LogP contribution is 2.24. The van der Waals surface area contributed by atoms with E-state index in [9.17, 15) is 4.79 Å². The number of hydrazone groups is 1. The van der Waals surface area contributed by atoms with Gasteiger partial charge < -0.3 is 9.38 Å². The number of nitrogens with zero attached hydrogens (tertiary/aromatic N) is 4. The Bertz CT molecular complexity index is 1360. The fraction of sp³-hybridized carbons (Fsp3) is 0.0435. The van der Waals surface area contributed by atoms with E-state index in [1.54, 1.807) is 30.7 Å². The summed E-state index contributed by atoms with van der Waals surface area (Å²) < 4.78 is 1.90. The number of hydrogen-bond acceptors (Lipinski definition) is 5. The van der Waals surface area contributed by atoms with Crippen molar-refractivity contribution in [3.8, 4) is 0 Å². The fourth-order valence-electron chi connectivity index (χ4n) is 3.60. The number of benzene rings is 1.